The first-order valence-corrected chi connectivity index (χ1v) is 6.63. The van der Waals surface area contributed by atoms with Gasteiger partial charge in [0.15, 0.2) is 0 Å². The highest BCUT2D eigenvalue weighted by molar-refractivity contribution is 5.88. The van der Waals surface area contributed by atoms with Crippen molar-refractivity contribution in [3.63, 3.8) is 0 Å². The van der Waals surface area contributed by atoms with E-state index >= 15 is 0 Å². The molecule has 0 saturated carbocycles. The highest BCUT2D eigenvalue weighted by atomic mass is 14.9. The molecule has 0 amide bonds. The Bertz CT molecular complexity index is 696. The van der Waals surface area contributed by atoms with Crippen LogP contribution in [0.2, 0.25) is 0 Å². The van der Waals surface area contributed by atoms with Gasteiger partial charge in [-0.25, -0.2) is 0 Å². The summed E-state index contributed by atoms with van der Waals surface area (Å²) < 4.78 is 2.18. The van der Waals surface area contributed by atoms with E-state index in [-0.39, 0.29) is 0 Å². The Morgan fingerprint density at radius 1 is 1.00 bits per heavy atom. The number of rotatable bonds is 3. The molecule has 2 N–H and O–H groups in total. The third-order valence-electron chi connectivity index (χ3n) is 3.59. The maximum atomic E-state index is 5.70. The number of nitrogens with zero attached hydrogens (tertiary/aromatic N) is 1. The SMILES string of the molecule is Cn1cc(CCN)c2cc(-c3ccccc3)ccc21. The molecule has 0 fully saturated rings. The summed E-state index contributed by atoms with van der Waals surface area (Å²) in [5, 5.41) is 1.31. The zero-order valence-corrected chi connectivity index (χ0v) is 11.1. The molecule has 2 nitrogen and oxygen atoms in total. The van der Waals surface area contributed by atoms with Crippen LogP contribution in [0.15, 0.2) is 54.7 Å². The normalized spacial score (nSPS) is 11.1. The predicted molar refractivity (Wildman–Crippen MR) is 81.1 cm³/mol. The molecule has 0 saturated heterocycles. The minimum Gasteiger partial charge on any atom is -0.350 e. The minimum atomic E-state index is 0.689. The van der Waals surface area contributed by atoms with Gasteiger partial charge in [0.25, 0.3) is 0 Å². The Hall–Kier alpha value is -2.06. The van der Waals surface area contributed by atoms with Crippen LogP contribution in [-0.4, -0.2) is 11.1 Å². The number of hydrogen-bond donors (Lipinski definition) is 1. The van der Waals surface area contributed by atoms with Crippen LogP contribution in [0.1, 0.15) is 5.56 Å². The lowest BCUT2D eigenvalue weighted by Gasteiger charge is -2.03. The lowest BCUT2D eigenvalue weighted by Crippen LogP contribution is -2.01. The van der Waals surface area contributed by atoms with Crippen molar-refractivity contribution >= 4 is 10.9 Å². The van der Waals surface area contributed by atoms with Crippen molar-refractivity contribution < 1.29 is 0 Å². The molecule has 0 aliphatic rings. The van der Waals surface area contributed by atoms with Crippen molar-refractivity contribution in [1.29, 1.82) is 0 Å². The molecule has 2 aromatic carbocycles. The van der Waals surface area contributed by atoms with Gasteiger partial charge in [-0.15, -0.1) is 0 Å². The molecule has 0 aliphatic heterocycles. The van der Waals surface area contributed by atoms with Crippen molar-refractivity contribution in [3.8, 4) is 11.1 Å². The van der Waals surface area contributed by atoms with Gasteiger partial charge in [0.05, 0.1) is 0 Å². The van der Waals surface area contributed by atoms with Gasteiger partial charge in [-0.1, -0.05) is 36.4 Å². The van der Waals surface area contributed by atoms with E-state index in [0.29, 0.717) is 6.54 Å². The number of aromatic nitrogens is 1. The summed E-state index contributed by atoms with van der Waals surface area (Å²) in [6, 6.07) is 17.1. The fraction of sp³-hybridized carbons (Fsp3) is 0.176. The summed E-state index contributed by atoms with van der Waals surface area (Å²) in [5.41, 5.74) is 10.8. The van der Waals surface area contributed by atoms with E-state index in [1.54, 1.807) is 0 Å². The van der Waals surface area contributed by atoms with Gasteiger partial charge in [-0.05, 0) is 41.8 Å². The van der Waals surface area contributed by atoms with E-state index in [9.17, 15) is 0 Å². The quantitative estimate of drug-likeness (QED) is 0.759. The molecule has 3 rings (SSSR count). The molecule has 0 radical (unpaired) electrons. The lowest BCUT2D eigenvalue weighted by molar-refractivity contribution is 0.929. The smallest absolute Gasteiger partial charge is 0.0480 e. The van der Waals surface area contributed by atoms with E-state index in [1.807, 2.05) is 6.07 Å². The molecule has 0 aliphatic carbocycles. The van der Waals surface area contributed by atoms with E-state index in [0.717, 1.165) is 6.42 Å². The van der Waals surface area contributed by atoms with Crippen LogP contribution in [0.3, 0.4) is 0 Å². The van der Waals surface area contributed by atoms with Gasteiger partial charge >= 0.3 is 0 Å². The third-order valence-corrected chi connectivity index (χ3v) is 3.59. The third kappa shape index (κ3) is 2.15. The van der Waals surface area contributed by atoms with Gasteiger partial charge in [-0.3, -0.25) is 0 Å². The Kier molecular flexibility index (Phi) is 3.10. The highest BCUT2D eigenvalue weighted by Gasteiger charge is 2.07. The average Bonchev–Trinajstić information content (AvgIpc) is 2.77. The molecule has 0 atom stereocenters. The van der Waals surface area contributed by atoms with Crippen molar-refractivity contribution in [2.75, 3.05) is 6.54 Å². The standard InChI is InChI=1S/C17H18N2/c1-19-12-15(9-10-18)16-11-14(7-8-17(16)19)13-5-3-2-4-6-13/h2-8,11-12H,9-10,18H2,1H3. The van der Waals surface area contributed by atoms with Crippen LogP contribution >= 0.6 is 0 Å². The monoisotopic (exact) mass is 250 g/mol. The second-order valence-corrected chi connectivity index (χ2v) is 4.90. The summed E-state index contributed by atoms with van der Waals surface area (Å²) in [4.78, 5) is 0. The first-order chi connectivity index (χ1) is 9.29. The molecule has 1 heterocycles. The summed E-state index contributed by atoms with van der Waals surface area (Å²) in [6.45, 7) is 0.689. The van der Waals surface area contributed by atoms with Gasteiger partial charge in [-0.2, -0.15) is 0 Å². The van der Waals surface area contributed by atoms with Crippen molar-refractivity contribution in [2.24, 2.45) is 12.8 Å². The molecule has 96 valence electrons. The fourth-order valence-electron chi connectivity index (χ4n) is 2.64. The molecule has 1 aromatic heterocycles. The van der Waals surface area contributed by atoms with E-state index in [4.69, 9.17) is 5.73 Å². The topological polar surface area (TPSA) is 30.9 Å². The van der Waals surface area contributed by atoms with Crippen LogP contribution in [-0.2, 0) is 13.5 Å². The van der Waals surface area contributed by atoms with Crippen LogP contribution in [0.25, 0.3) is 22.0 Å². The van der Waals surface area contributed by atoms with E-state index in [2.05, 4.69) is 60.3 Å². The molecular formula is C17H18N2. The maximum absolute atomic E-state index is 5.70. The second-order valence-electron chi connectivity index (χ2n) is 4.90. The first kappa shape index (κ1) is 12.0. The van der Waals surface area contributed by atoms with Crippen LogP contribution in [0.4, 0.5) is 0 Å². The van der Waals surface area contributed by atoms with E-state index in [1.165, 1.54) is 27.6 Å². The number of benzene rings is 2. The van der Waals surface area contributed by atoms with Gasteiger partial charge in [0.1, 0.15) is 0 Å². The van der Waals surface area contributed by atoms with Crippen molar-refractivity contribution in [1.82, 2.24) is 4.57 Å². The predicted octanol–water partition coefficient (Wildman–Crippen LogP) is 3.35. The van der Waals surface area contributed by atoms with Gasteiger partial charge < -0.3 is 10.3 Å². The number of aryl methyl sites for hydroxylation is 1. The van der Waals surface area contributed by atoms with Crippen molar-refractivity contribution in [3.05, 3.63) is 60.3 Å². The number of fused-ring (bicyclic) bond motifs is 1. The summed E-state index contributed by atoms with van der Waals surface area (Å²) in [5.74, 6) is 0. The number of nitrogens with two attached hydrogens (primary N) is 1. The van der Waals surface area contributed by atoms with Crippen LogP contribution in [0.5, 0.6) is 0 Å². The average molecular weight is 250 g/mol. The molecule has 19 heavy (non-hydrogen) atoms. The number of hydrogen-bond acceptors (Lipinski definition) is 1. The Morgan fingerprint density at radius 2 is 1.79 bits per heavy atom. The minimum absolute atomic E-state index is 0.689. The van der Waals surface area contributed by atoms with Crippen LogP contribution < -0.4 is 5.73 Å². The van der Waals surface area contributed by atoms with Crippen molar-refractivity contribution in [2.45, 2.75) is 6.42 Å². The summed E-state index contributed by atoms with van der Waals surface area (Å²) in [7, 11) is 2.09. The van der Waals surface area contributed by atoms with Gasteiger partial charge in [0, 0.05) is 24.1 Å². The second kappa shape index (κ2) is 4.90. The summed E-state index contributed by atoms with van der Waals surface area (Å²) in [6.07, 6.45) is 3.11. The molecule has 0 spiro atoms. The summed E-state index contributed by atoms with van der Waals surface area (Å²) >= 11 is 0. The Labute approximate surface area is 113 Å². The Balaban J connectivity index is 2.17. The molecule has 2 heteroatoms. The largest absolute Gasteiger partial charge is 0.350 e. The van der Waals surface area contributed by atoms with Crippen LogP contribution in [0, 0.1) is 0 Å². The van der Waals surface area contributed by atoms with Gasteiger partial charge in [0.2, 0.25) is 0 Å². The lowest BCUT2D eigenvalue weighted by atomic mass is 10.0. The first-order valence-electron chi connectivity index (χ1n) is 6.63. The zero-order chi connectivity index (χ0) is 13.2. The Morgan fingerprint density at radius 3 is 2.53 bits per heavy atom. The zero-order valence-electron chi connectivity index (χ0n) is 11.1. The van der Waals surface area contributed by atoms with E-state index < -0.39 is 0 Å². The molecular weight excluding hydrogens is 232 g/mol. The molecule has 3 aromatic rings. The molecule has 0 bridgehead atoms. The highest BCUT2D eigenvalue weighted by Crippen LogP contribution is 2.27. The fourth-order valence-corrected chi connectivity index (χ4v) is 2.64. The molecule has 0 unspecified atom stereocenters. The maximum Gasteiger partial charge on any atom is 0.0480 e.